The first-order chi connectivity index (χ1) is 20.2. The average Bonchev–Trinajstić information content (AvgIpc) is 2.95. The molecule has 1 aliphatic heterocycles. The van der Waals surface area contributed by atoms with Crippen LogP contribution in [0.4, 0.5) is 23.2 Å². The summed E-state index contributed by atoms with van der Waals surface area (Å²) in [6, 6.07) is 16.2. The molecular formula is C30H29F4N3O5S. The zero-order valence-corrected chi connectivity index (χ0v) is 24.1. The molecule has 1 aliphatic rings. The number of aliphatic carboxylic acids is 1. The van der Waals surface area contributed by atoms with Gasteiger partial charge in [0.1, 0.15) is 24.7 Å². The Morgan fingerprint density at radius 1 is 1.02 bits per heavy atom. The van der Waals surface area contributed by atoms with E-state index in [9.17, 15) is 35.9 Å². The molecule has 0 saturated carbocycles. The number of alkyl halides is 3. The van der Waals surface area contributed by atoms with E-state index in [0.717, 1.165) is 38.4 Å². The molecule has 0 aromatic heterocycles. The number of carbonyl (C=O) groups is 1. The van der Waals surface area contributed by atoms with Gasteiger partial charge in [-0.25, -0.2) is 4.39 Å². The lowest BCUT2D eigenvalue weighted by Gasteiger charge is -2.28. The number of rotatable bonds is 11. The molecule has 13 heteroatoms. The van der Waals surface area contributed by atoms with Gasteiger partial charge in [-0.3, -0.25) is 14.1 Å². The van der Waals surface area contributed by atoms with Crippen molar-refractivity contribution in [3.8, 4) is 5.75 Å². The van der Waals surface area contributed by atoms with Gasteiger partial charge >= 0.3 is 22.4 Å². The number of benzene rings is 3. The lowest BCUT2D eigenvalue weighted by molar-refractivity contribution is -0.138. The van der Waals surface area contributed by atoms with Crippen molar-refractivity contribution in [3.63, 3.8) is 0 Å². The minimum Gasteiger partial charge on any atom is -0.487 e. The quantitative estimate of drug-likeness (QED) is 0.264. The van der Waals surface area contributed by atoms with E-state index in [4.69, 9.17) is 4.74 Å². The second-order valence-corrected chi connectivity index (χ2v) is 11.9. The Balaban J connectivity index is 1.49. The van der Waals surface area contributed by atoms with Crippen molar-refractivity contribution in [1.29, 1.82) is 0 Å². The van der Waals surface area contributed by atoms with E-state index in [-0.39, 0.29) is 18.8 Å². The molecule has 0 atom stereocenters. The monoisotopic (exact) mass is 619 g/mol. The first-order valence-electron chi connectivity index (χ1n) is 13.1. The van der Waals surface area contributed by atoms with E-state index in [1.54, 1.807) is 24.3 Å². The lowest BCUT2D eigenvalue weighted by atomic mass is 9.97. The highest BCUT2D eigenvalue weighted by atomic mass is 32.2. The molecule has 1 N–H and O–H groups in total. The number of halogens is 4. The molecule has 0 aliphatic carbocycles. The predicted octanol–water partition coefficient (Wildman–Crippen LogP) is 6.05. The van der Waals surface area contributed by atoms with Gasteiger partial charge in [-0.05, 0) is 78.9 Å². The van der Waals surface area contributed by atoms with Crippen molar-refractivity contribution >= 4 is 27.6 Å². The molecule has 4 rings (SSSR count). The predicted molar refractivity (Wildman–Crippen MR) is 154 cm³/mol. The van der Waals surface area contributed by atoms with Gasteiger partial charge in [-0.2, -0.15) is 25.9 Å². The van der Waals surface area contributed by atoms with Gasteiger partial charge in [0.05, 0.1) is 16.9 Å². The summed E-state index contributed by atoms with van der Waals surface area (Å²) in [6.45, 7) is 0.814. The van der Waals surface area contributed by atoms with Gasteiger partial charge < -0.3 is 9.84 Å². The Morgan fingerprint density at radius 3 is 2.37 bits per heavy atom. The van der Waals surface area contributed by atoms with Gasteiger partial charge in [0.15, 0.2) is 0 Å². The maximum Gasteiger partial charge on any atom is 0.416 e. The van der Waals surface area contributed by atoms with Crippen LogP contribution in [-0.4, -0.2) is 49.7 Å². The highest BCUT2D eigenvalue weighted by Gasteiger charge is 2.31. The average molecular weight is 620 g/mol. The van der Waals surface area contributed by atoms with E-state index >= 15 is 0 Å². The molecule has 1 heterocycles. The largest absolute Gasteiger partial charge is 0.487 e. The Bertz CT molecular complexity index is 1650. The topological polar surface area (TPSA) is 99.5 Å². The van der Waals surface area contributed by atoms with Crippen LogP contribution in [0.2, 0.25) is 0 Å². The molecule has 0 amide bonds. The van der Waals surface area contributed by atoms with E-state index in [0.29, 0.717) is 41.1 Å². The molecule has 0 unspecified atom stereocenters. The van der Waals surface area contributed by atoms with Crippen LogP contribution in [0.5, 0.6) is 5.75 Å². The summed E-state index contributed by atoms with van der Waals surface area (Å²) >= 11 is 0. The SMILES string of the molecule is CC1=C(COc2cccc(CN(CC(=O)O)S(=O)(=O)N(C)c3cccc(F)c3)c2)N=C(c2ccc(C(F)(F)F)cc2)CC1. The van der Waals surface area contributed by atoms with Crippen molar-refractivity contribution in [2.45, 2.75) is 32.5 Å². The van der Waals surface area contributed by atoms with E-state index < -0.39 is 40.3 Å². The fraction of sp³-hybridized carbons (Fsp3) is 0.267. The van der Waals surface area contributed by atoms with Crippen molar-refractivity contribution in [3.05, 3.63) is 107 Å². The standard InChI is InChI=1S/C30H29F4N3O5S/c1-20-9-14-27(22-10-12-23(13-11-22)30(32,33)34)35-28(20)19-42-26-8-3-5-21(15-26)17-37(18-29(38)39)43(40,41)36(2)25-7-4-6-24(31)16-25/h3-8,10-13,15-16H,9,14,17-19H2,1-2H3,(H,38,39). The highest BCUT2D eigenvalue weighted by molar-refractivity contribution is 7.90. The van der Waals surface area contributed by atoms with Crippen LogP contribution < -0.4 is 9.04 Å². The number of aliphatic imine (C=N–C) groups is 1. The third-order valence-corrected chi connectivity index (χ3v) is 8.65. The van der Waals surface area contributed by atoms with Gasteiger partial charge in [0, 0.05) is 19.3 Å². The van der Waals surface area contributed by atoms with Crippen molar-refractivity contribution < 1.29 is 40.6 Å². The smallest absolute Gasteiger partial charge is 0.416 e. The number of carboxylic acid groups (broad SMARTS) is 1. The number of anilines is 1. The number of nitrogens with zero attached hydrogens (tertiary/aromatic N) is 3. The Kier molecular flexibility index (Phi) is 9.55. The van der Waals surface area contributed by atoms with Crippen molar-refractivity contribution in [1.82, 2.24) is 4.31 Å². The summed E-state index contributed by atoms with van der Waals surface area (Å²) in [7, 11) is -3.16. The van der Waals surface area contributed by atoms with Crippen LogP contribution in [0.15, 0.2) is 89.1 Å². The minimum atomic E-state index is -4.43. The maximum absolute atomic E-state index is 13.7. The third-order valence-electron chi connectivity index (χ3n) is 6.83. The molecule has 0 radical (unpaired) electrons. The first kappa shape index (κ1) is 31.7. The van der Waals surface area contributed by atoms with E-state index in [1.807, 2.05) is 6.92 Å². The van der Waals surface area contributed by atoms with Crippen molar-refractivity contribution in [2.24, 2.45) is 4.99 Å². The second-order valence-electron chi connectivity index (χ2n) is 9.91. The van der Waals surface area contributed by atoms with Crippen LogP contribution in [0.3, 0.4) is 0 Å². The second kappa shape index (κ2) is 13.0. The summed E-state index contributed by atoms with van der Waals surface area (Å²) in [5, 5.41) is 9.41. The fourth-order valence-electron chi connectivity index (χ4n) is 4.42. The fourth-order valence-corrected chi connectivity index (χ4v) is 5.73. The van der Waals surface area contributed by atoms with Crippen LogP contribution in [0, 0.1) is 5.82 Å². The summed E-state index contributed by atoms with van der Waals surface area (Å²) < 4.78 is 86.7. The first-order valence-corrected chi connectivity index (χ1v) is 14.5. The number of allylic oxidation sites excluding steroid dienone is 1. The minimum absolute atomic E-state index is 0.0276. The number of hydrogen-bond acceptors (Lipinski definition) is 5. The summed E-state index contributed by atoms with van der Waals surface area (Å²) in [5.41, 5.74) is 2.55. The van der Waals surface area contributed by atoms with Crippen LogP contribution in [0.25, 0.3) is 0 Å². The molecule has 228 valence electrons. The van der Waals surface area contributed by atoms with E-state index in [1.165, 1.54) is 31.3 Å². The highest BCUT2D eigenvalue weighted by Crippen LogP contribution is 2.30. The number of hydrogen-bond donors (Lipinski definition) is 1. The lowest BCUT2D eigenvalue weighted by Crippen LogP contribution is -2.44. The zero-order chi connectivity index (χ0) is 31.4. The third kappa shape index (κ3) is 7.99. The molecular weight excluding hydrogens is 590 g/mol. The summed E-state index contributed by atoms with van der Waals surface area (Å²) in [5.74, 6) is -1.64. The molecule has 3 aromatic rings. The molecule has 3 aromatic carbocycles. The summed E-state index contributed by atoms with van der Waals surface area (Å²) in [4.78, 5) is 16.2. The summed E-state index contributed by atoms with van der Waals surface area (Å²) in [6.07, 6.45) is -3.21. The Hall–Kier alpha value is -4.23. The number of ether oxygens (including phenoxy) is 1. The van der Waals surface area contributed by atoms with Crippen LogP contribution in [0.1, 0.15) is 36.5 Å². The molecule has 0 spiro atoms. The van der Waals surface area contributed by atoms with Gasteiger partial charge in [-0.1, -0.05) is 30.3 Å². The number of carboxylic acids is 1. The van der Waals surface area contributed by atoms with Crippen LogP contribution >= 0.6 is 0 Å². The zero-order valence-electron chi connectivity index (χ0n) is 23.3. The molecule has 0 saturated heterocycles. The van der Waals surface area contributed by atoms with E-state index in [2.05, 4.69) is 4.99 Å². The van der Waals surface area contributed by atoms with Gasteiger partial charge in [0.25, 0.3) is 0 Å². The maximum atomic E-state index is 13.7. The molecule has 0 fully saturated rings. The Morgan fingerprint density at radius 2 is 1.72 bits per heavy atom. The normalized spacial score (nSPS) is 14.1. The van der Waals surface area contributed by atoms with Gasteiger partial charge in [0.2, 0.25) is 0 Å². The molecule has 8 nitrogen and oxygen atoms in total. The molecule has 0 bridgehead atoms. The Labute approximate surface area is 246 Å². The van der Waals surface area contributed by atoms with Gasteiger partial charge in [-0.15, -0.1) is 0 Å². The van der Waals surface area contributed by atoms with Crippen LogP contribution in [-0.2, 0) is 27.7 Å². The molecule has 43 heavy (non-hydrogen) atoms. The van der Waals surface area contributed by atoms with Crippen molar-refractivity contribution in [2.75, 3.05) is 24.5 Å².